The van der Waals surface area contributed by atoms with Gasteiger partial charge in [-0.2, -0.15) is 0 Å². The Morgan fingerprint density at radius 3 is 2.03 bits per heavy atom. The highest BCUT2D eigenvalue weighted by Gasteiger charge is 2.52. The topological polar surface area (TPSA) is 75.7 Å². The lowest BCUT2D eigenvalue weighted by atomic mass is 9.49. The van der Waals surface area contributed by atoms with Crippen molar-refractivity contribution in [2.45, 2.75) is 72.6 Å². The maximum atomic E-state index is 13.0. The van der Waals surface area contributed by atoms with Gasteiger partial charge in [0.2, 0.25) is 11.8 Å². The van der Waals surface area contributed by atoms with Crippen LogP contribution in [0, 0.1) is 46.8 Å². The summed E-state index contributed by atoms with van der Waals surface area (Å²) in [7, 11) is 0. The highest BCUT2D eigenvalue weighted by molar-refractivity contribution is 5.83. The quantitative estimate of drug-likeness (QED) is 0.632. The number of hydrogen-bond donors (Lipinski definition) is 1. The molecule has 4 bridgehead atoms. The van der Waals surface area contributed by atoms with E-state index in [0.717, 1.165) is 11.8 Å². The second kappa shape index (κ2) is 9.34. The molecule has 2 amide bonds. The predicted octanol–water partition coefficient (Wildman–Crippen LogP) is 3.64. The molecule has 1 N–H and O–H groups in total. The van der Waals surface area contributed by atoms with E-state index in [4.69, 9.17) is 4.74 Å². The van der Waals surface area contributed by atoms with Crippen LogP contribution in [0.3, 0.4) is 0 Å². The average Bonchev–Trinajstić information content (AvgIpc) is 2.74. The number of amides is 2. The van der Waals surface area contributed by atoms with E-state index in [1.807, 2.05) is 32.6 Å². The van der Waals surface area contributed by atoms with Crippen molar-refractivity contribution in [1.82, 2.24) is 10.2 Å². The van der Waals surface area contributed by atoms with Crippen LogP contribution in [0.15, 0.2) is 0 Å². The van der Waals surface area contributed by atoms with Crippen LogP contribution in [-0.4, -0.2) is 48.9 Å². The first-order valence-corrected chi connectivity index (χ1v) is 12.9. The molecule has 180 valence electrons. The predicted molar refractivity (Wildman–Crippen MR) is 122 cm³/mol. The van der Waals surface area contributed by atoms with Gasteiger partial charge < -0.3 is 15.0 Å². The minimum absolute atomic E-state index is 0.0333. The third-order valence-electron chi connectivity index (χ3n) is 8.64. The van der Waals surface area contributed by atoms with Gasteiger partial charge in [0, 0.05) is 31.0 Å². The first-order valence-electron chi connectivity index (χ1n) is 12.9. The Labute approximate surface area is 193 Å². The monoisotopic (exact) mass is 446 g/mol. The molecule has 0 aromatic rings. The van der Waals surface area contributed by atoms with Crippen LogP contribution in [0.2, 0.25) is 0 Å². The van der Waals surface area contributed by atoms with Crippen LogP contribution in [0.4, 0.5) is 0 Å². The molecule has 5 fully saturated rings. The van der Waals surface area contributed by atoms with E-state index < -0.39 is 0 Å². The summed E-state index contributed by atoms with van der Waals surface area (Å²) in [6, 6.07) is 0. The summed E-state index contributed by atoms with van der Waals surface area (Å²) in [5.74, 6) is 3.04. The summed E-state index contributed by atoms with van der Waals surface area (Å²) in [5, 5.41) is 3.13. The molecule has 1 atom stereocenters. The zero-order valence-corrected chi connectivity index (χ0v) is 20.4. The van der Waals surface area contributed by atoms with Gasteiger partial charge in [0.15, 0.2) is 0 Å². The van der Waals surface area contributed by atoms with Gasteiger partial charge in [-0.25, -0.2) is 0 Å². The second-order valence-corrected chi connectivity index (χ2v) is 11.9. The molecule has 32 heavy (non-hydrogen) atoms. The number of nitrogens with one attached hydrogen (secondary N) is 1. The highest BCUT2D eigenvalue weighted by atomic mass is 16.5. The molecule has 6 nitrogen and oxygen atoms in total. The lowest BCUT2D eigenvalue weighted by Gasteiger charge is -2.56. The first-order chi connectivity index (χ1) is 15.2. The molecule has 1 saturated heterocycles. The number of hydrogen-bond acceptors (Lipinski definition) is 4. The Balaban J connectivity index is 1.34. The van der Waals surface area contributed by atoms with Crippen molar-refractivity contribution in [1.29, 1.82) is 0 Å². The average molecular weight is 447 g/mol. The smallest absolute Gasteiger partial charge is 0.311 e. The Kier molecular flexibility index (Phi) is 6.88. The Morgan fingerprint density at radius 2 is 1.53 bits per heavy atom. The number of esters is 1. The van der Waals surface area contributed by atoms with Crippen molar-refractivity contribution in [2.75, 3.05) is 26.2 Å². The maximum Gasteiger partial charge on any atom is 0.311 e. The molecule has 1 unspecified atom stereocenters. The van der Waals surface area contributed by atoms with E-state index in [1.165, 1.54) is 32.1 Å². The van der Waals surface area contributed by atoms with Crippen molar-refractivity contribution in [3.05, 3.63) is 0 Å². The fourth-order valence-electron chi connectivity index (χ4n) is 7.42. The normalized spacial score (nSPS) is 33.1. The minimum atomic E-state index is -0.388. The van der Waals surface area contributed by atoms with Crippen LogP contribution >= 0.6 is 0 Å². The Hall–Kier alpha value is -1.59. The van der Waals surface area contributed by atoms with Crippen LogP contribution in [0.25, 0.3) is 0 Å². The molecule has 0 aromatic carbocycles. The minimum Gasteiger partial charge on any atom is -0.466 e. The molecule has 4 saturated carbocycles. The van der Waals surface area contributed by atoms with Crippen LogP contribution in [0.5, 0.6) is 0 Å². The number of carbonyl (C=O) groups excluding carboxylic acids is 3. The van der Waals surface area contributed by atoms with Crippen LogP contribution < -0.4 is 5.32 Å². The molecule has 0 aromatic heterocycles. The number of rotatable bonds is 6. The van der Waals surface area contributed by atoms with Gasteiger partial charge in [-0.05, 0) is 81.5 Å². The van der Waals surface area contributed by atoms with E-state index in [2.05, 4.69) is 5.32 Å². The van der Waals surface area contributed by atoms with Crippen molar-refractivity contribution >= 4 is 17.8 Å². The molecular formula is C26H42N2O4. The number of piperidine rings is 1. The van der Waals surface area contributed by atoms with Gasteiger partial charge in [0.1, 0.15) is 0 Å². The summed E-state index contributed by atoms with van der Waals surface area (Å²) in [6.45, 7) is 9.71. The zero-order chi connectivity index (χ0) is 23.0. The highest BCUT2D eigenvalue weighted by Crippen LogP contribution is 2.58. The van der Waals surface area contributed by atoms with Gasteiger partial charge in [-0.1, -0.05) is 20.8 Å². The van der Waals surface area contributed by atoms with E-state index in [0.29, 0.717) is 56.8 Å². The SMILES string of the molecule is CCOC(=O)C(CNC(=O)C1CCN(C(=O)C(C)(C)C)CC1)C1C2CC3CC(C2)CC1C3. The molecule has 4 aliphatic carbocycles. The van der Waals surface area contributed by atoms with Gasteiger partial charge >= 0.3 is 5.97 Å². The zero-order valence-electron chi connectivity index (χ0n) is 20.4. The van der Waals surface area contributed by atoms with Gasteiger partial charge in [0.25, 0.3) is 0 Å². The summed E-state index contributed by atoms with van der Waals surface area (Å²) in [4.78, 5) is 40.3. The maximum absolute atomic E-state index is 13.0. The van der Waals surface area contributed by atoms with Crippen molar-refractivity contribution < 1.29 is 19.1 Å². The van der Waals surface area contributed by atoms with Crippen molar-refractivity contribution in [3.8, 4) is 0 Å². The molecule has 5 rings (SSSR count). The van der Waals surface area contributed by atoms with Gasteiger partial charge in [-0.3, -0.25) is 14.4 Å². The van der Waals surface area contributed by atoms with E-state index in [1.54, 1.807) is 0 Å². The second-order valence-electron chi connectivity index (χ2n) is 11.9. The Morgan fingerprint density at radius 1 is 0.969 bits per heavy atom. The fourth-order valence-corrected chi connectivity index (χ4v) is 7.42. The number of ether oxygens (including phenoxy) is 1. The van der Waals surface area contributed by atoms with Crippen molar-refractivity contribution in [3.63, 3.8) is 0 Å². The summed E-state index contributed by atoms with van der Waals surface area (Å²) in [6.07, 6.45) is 7.77. The lowest BCUT2D eigenvalue weighted by molar-refractivity contribution is -0.157. The standard InChI is InChI=1S/C26H42N2O4/c1-5-32-24(30)21(22-19-11-16-10-17(13-19)14-20(22)12-16)15-27-23(29)18-6-8-28(9-7-18)25(31)26(2,3)4/h16-22H,5-15H2,1-4H3,(H,27,29). The summed E-state index contributed by atoms with van der Waals surface area (Å²) < 4.78 is 5.48. The van der Waals surface area contributed by atoms with Crippen LogP contribution in [0.1, 0.15) is 72.6 Å². The van der Waals surface area contributed by atoms with Crippen LogP contribution in [-0.2, 0) is 19.1 Å². The van der Waals surface area contributed by atoms with Gasteiger partial charge in [-0.15, -0.1) is 0 Å². The first kappa shape index (κ1) is 23.6. The molecular weight excluding hydrogens is 404 g/mol. The number of likely N-dealkylation sites (tertiary alicyclic amines) is 1. The molecule has 6 heteroatoms. The third kappa shape index (κ3) is 4.84. The Bertz CT molecular complexity index is 692. The van der Waals surface area contributed by atoms with Gasteiger partial charge in [0.05, 0.1) is 12.5 Å². The molecule has 0 radical (unpaired) electrons. The van der Waals surface area contributed by atoms with E-state index >= 15 is 0 Å². The molecule has 1 aliphatic heterocycles. The van der Waals surface area contributed by atoms with Crippen molar-refractivity contribution in [2.24, 2.45) is 46.8 Å². The summed E-state index contributed by atoms with van der Waals surface area (Å²) >= 11 is 0. The number of nitrogens with zero attached hydrogens (tertiary/aromatic N) is 1. The third-order valence-corrected chi connectivity index (χ3v) is 8.64. The molecule has 1 heterocycles. The van der Waals surface area contributed by atoms with E-state index in [9.17, 15) is 14.4 Å². The number of carbonyl (C=O) groups is 3. The van der Waals surface area contributed by atoms with E-state index in [-0.39, 0.29) is 35.0 Å². The summed E-state index contributed by atoms with van der Waals surface area (Å²) in [5.41, 5.74) is -0.388. The largest absolute Gasteiger partial charge is 0.466 e. The fraction of sp³-hybridized carbons (Fsp3) is 0.885. The lowest BCUT2D eigenvalue weighted by Crippen LogP contribution is -2.52. The molecule has 0 spiro atoms. The molecule has 5 aliphatic rings.